The first-order valence-electron chi connectivity index (χ1n) is 10.1. The van der Waals surface area contributed by atoms with Crippen molar-refractivity contribution in [3.05, 3.63) is 58.0 Å². The number of anilines is 2. The Hall–Kier alpha value is -3.59. The van der Waals surface area contributed by atoms with E-state index in [2.05, 4.69) is 15.2 Å². The Morgan fingerprint density at radius 2 is 1.88 bits per heavy atom. The predicted molar refractivity (Wildman–Crippen MR) is 127 cm³/mol. The van der Waals surface area contributed by atoms with Gasteiger partial charge >= 0.3 is 0 Å². The molecule has 166 valence electrons. The number of aromatic nitrogens is 1. The van der Waals surface area contributed by atoms with Crippen molar-refractivity contribution < 1.29 is 14.3 Å². The van der Waals surface area contributed by atoms with Gasteiger partial charge in [0.2, 0.25) is 0 Å². The normalized spacial score (nSPS) is 13.5. The van der Waals surface area contributed by atoms with Crippen LogP contribution in [0.1, 0.15) is 27.3 Å². The zero-order valence-electron chi connectivity index (χ0n) is 18.2. The number of nitrogen functional groups attached to an aromatic ring is 1. The highest BCUT2D eigenvalue weighted by Gasteiger charge is 2.24. The molecule has 0 aliphatic carbocycles. The number of thiazole rings is 1. The summed E-state index contributed by atoms with van der Waals surface area (Å²) in [5, 5.41) is 3.26. The fraction of sp³-hybridized carbons (Fsp3) is 0.261. The number of amides is 1. The average Bonchev–Trinajstić information content (AvgIpc) is 3.24. The molecule has 2 heterocycles. The van der Waals surface area contributed by atoms with Crippen molar-refractivity contribution in [1.29, 1.82) is 0 Å². The third kappa shape index (κ3) is 4.67. The van der Waals surface area contributed by atoms with Gasteiger partial charge in [0.25, 0.3) is 5.91 Å². The number of nitrogens with two attached hydrogens (primary N) is 1. The highest BCUT2D eigenvalue weighted by molar-refractivity contribution is 7.13. The summed E-state index contributed by atoms with van der Waals surface area (Å²) >= 11 is 1.40. The highest BCUT2D eigenvalue weighted by Crippen LogP contribution is 2.29. The van der Waals surface area contributed by atoms with Gasteiger partial charge in [0.1, 0.15) is 17.3 Å². The Labute approximate surface area is 190 Å². The van der Waals surface area contributed by atoms with E-state index in [1.807, 2.05) is 31.2 Å². The Kier molecular flexibility index (Phi) is 6.27. The van der Waals surface area contributed by atoms with Gasteiger partial charge in [-0.3, -0.25) is 4.79 Å². The van der Waals surface area contributed by atoms with Gasteiger partial charge < -0.3 is 25.4 Å². The number of nitrogens with zero attached hydrogens (tertiary/aromatic N) is 3. The third-order valence-electron chi connectivity index (χ3n) is 5.26. The lowest BCUT2D eigenvalue weighted by molar-refractivity contribution is 0.102. The van der Waals surface area contributed by atoms with E-state index in [4.69, 9.17) is 20.2 Å². The van der Waals surface area contributed by atoms with Crippen molar-refractivity contribution in [3.63, 3.8) is 0 Å². The average molecular weight is 452 g/mol. The molecule has 0 radical (unpaired) electrons. The van der Waals surface area contributed by atoms with Crippen molar-refractivity contribution in [2.45, 2.75) is 19.9 Å². The number of nitrogens with one attached hydrogen (secondary N) is 1. The number of fused-ring (bicyclic) bond motifs is 1. The SMILES string of the molecule is COc1ccc(/N=C(\C)N2CCc3nc(C(=O)Nc4cc(OC)ccc4N)sc3C2)cc1. The van der Waals surface area contributed by atoms with Gasteiger partial charge in [-0.2, -0.15) is 0 Å². The smallest absolute Gasteiger partial charge is 0.284 e. The zero-order chi connectivity index (χ0) is 22.7. The summed E-state index contributed by atoms with van der Waals surface area (Å²) in [7, 11) is 3.21. The zero-order valence-corrected chi connectivity index (χ0v) is 19.0. The molecule has 1 aliphatic heterocycles. The molecule has 0 saturated carbocycles. The van der Waals surface area contributed by atoms with Crippen LogP contribution in [0.25, 0.3) is 0 Å². The molecule has 4 rings (SSSR count). The minimum atomic E-state index is -0.278. The van der Waals surface area contributed by atoms with Crippen LogP contribution in [0.5, 0.6) is 11.5 Å². The van der Waals surface area contributed by atoms with Crippen LogP contribution in [-0.4, -0.2) is 42.4 Å². The minimum absolute atomic E-state index is 0.278. The van der Waals surface area contributed by atoms with E-state index in [0.29, 0.717) is 28.7 Å². The van der Waals surface area contributed by atoms with Crippen molar-refractivity contribution in [2.24, 2.45) is 4.99 Å². The Bertz CT molecular complexity index is 1160. The van der Waals surface area contributed by atoms with Crippen molar-refractivity contribution in [1.82, 2.24) is 9.88 Å². The second-order valence-electron chi connectivity index (χ2n) is 7.32. The lowest BCUT2D eigenvalue weighted by Crippen LogP contribution is -2.33. The number of rotatable bonds is 5. The Morgan fingerprint density at radius 1 is 1.16 bits per heavy atom. The summed E-state index contributed by atoms with van der Waals surface area (Å²) in [6, 6.07) is 12.8. The van der Waals surface area contributed by atoms with Crippen LogP contribution in [0.2, 0.25) is 0 Å². The van der Waals surface area contributed by atoms with Gasteiger partial charge in [0.15, 0.2) is 5.01 Å². The van der Waals surface area contributed by atoms with Gasteiger partial charge in [0.05, 0.1) is 43.5 Å². The maximum Gasteiger partial charge on any atom is 0.284 e. The quantitative estimate of drug-likeness (QED) is 0.344. The first kappa shape index (κ1) is 21.6. The van der Waals surface area contributed by atoms with Gasteiger partial charge in [-0.1, -0.05) is 0 Å². The summed E-state index contributed by atoms with van der Waals surface area (Å²) < 4.78 is 10.4. The largest absolute Gasteiger partial charge is 0.497 e. The summed E-state index contributed by atoms with van der Waals surface area (Å²) in [4.78, 5) is 25.4. The van der Waals surface area contributed by atoms with Crippen LogP contribution < -0.4 is 20.5 Å². The van der Waals surface area contributed by atoms with Crippen molar-refractivity contribution in [2.75, 3.05) is 31.8 Å². The van der Waals surface area contributed by atoms with E-state index < -0.39 is 0 Å². The molecule has 1 aromatic heterocycles. The van der Waals surface area contributed by atoms with E-state index in [1.165, 1.54) is 11.3 Å². The number of methoxy groups -OCH3 is 2. The molecule has 0 fully saturated rings. The number of ether oxygens (including phenoxy) is 2. The van der Waals surface area contributed by atoms with Crippen LogP contribution in [0.4, 0.5) is 17.1 Å². The molecule has 1 amide bonds. The Balaban J connectivity index is 1.46. The number of hydrogen-bond donors (Lipinski definition) is 2. The number of amidine groups is 1. The third-order valence-corrected chi connectivity index (χ3v) is 6.34. The number of benzene rings is 2. The van der Waals surface area contributed by atoms with Gasteiger partial charge in [-0.15, -0.1) is 11.3 Å². The van der Waals surface area contributed by atoms with E-state index in [-0.39, 0.29) is 5.91 Å². The molecule has 0 spiro atoms. The lowest BCUT2D eigenvalue weighted by atomic mass is 10.2. The summed E-state index contributed by atoms with van der Waals surface area (Å²) in [6.45, 7) is 3.47. The molecule has 9 heteroatoms. The van der Waals surface area contributed by atoms with Crippen LogP contribution in [0.3, 0.4) is 0 Å². The summed E-state index contributed by atoms with van der Waals surface area (Å²) in [5.74, 6) is 2.06. The molecule has 8 nitrogen and oxygen atoms in total. The van der Waals surface area contributed by atoms with Gasteiger partial charge in [-0.25, -0.2) is 9.98 Å². The summed E-state index contributed by atoms with van der Waals surface area (Å²) in [5.41, 5.74) is 8.80. The molecule has 32 heavy (non-hydrogen) atoms. The van der Waals surface area contributed by atoms with E-state index >= 15 is 0 Å². The fourth-order valence-corrected chi connectivity index (χ4v) is 4.45. The van der Waals surface area contributed by atoms with Gasteiger partial charge in [0, 0.05) is 23.9 Å². The highest BCUT2D eigenvalue weighted by atomic mass is 32.1. The summed E-state index contributed by atoms with van der Waals surface area (Å²) in [6.07, 6.45) is 0.760. The maximum atomic E-state index is 12.8. The molecular weight excluding hydrogens is 426 g/mol. The second-order valence-corrected chi connectivity index (χ2v) is 8.41. The number of aliphatic imine (C=N–C) groups is 1. The van der Waals surface area contributed by atoms with Crippen LogP contribution in [0.15, 0.2) is 47.5 Å². The first-order valence-corrected chi connectivity index (χ1v) is 11.0. The van der Waals surface area contributed by atoms with Crippen LogP contribution in [0, 0.1) is 0 Å². The first-order chi connectivity index (χ1) is 15.5. The fourth-order valence-electron chi connectivity index (χ4n) is 3.43. The van der Waals surface area contributed by atoms with E-state index in [0.717, 1.165) is 40.8 Å². The predicted octanol–water partition coefficient (Wildman–Crippen LogP) is 4.10. The molecule has 0 saturated heterocycles. The van der Waals surface area contributed by atoms with Crippen LogP contribution in [-0.2, 0) is 13.0 Å². The molecule has 3 aromatic rings. The number of hydrogen-bond acceptors (Lipinski definition) is 7. The Morgan fingerprint density at radius 3 is 2.59 bits per heavy atom. The molecule has 2 aromatic carbocycles. The number of carbonyl (C=O) groups excluding carboxylic acids is 1. The molecule has 1 aliphatic rings. The monoisotopic (exact) mass is 451 g/mol. The molecule has 0 bridgehead atoms. The topological polar surface area (TPSA) is 102 Å². The molecule has 3 N–H and O–H groups in total. The lowest BCUT2D eigenvalue weighted by Gasteiger charge is -2.27. The minimum Gasteiger partial charge on any atom is -0.497 e. The van der Waals surface area contributed by atoms with E-state index in [9.17, 15) is 4.79 Å². The number of carbonyl (C=O) groups is 1. The standard InChI is InChI=1S/C23H25N5O3S/c1-14(25-15-4-6-16(30-2)7-5-15)28-11-10-19-21(13-28)32-23(27-19)22(29)26-20-12-17(31-3)8-9-18(20)24/h4-9,12H,10-11,13,24H2,1-3H3,(H,26,29)/b25-14+. The maximum absolute atomic E-state index is 12.8. The molecule has 0 unspecified atom stereocenters. The molecule has 0 atom stereocenters. The van der Waals surface area contributed by atoms with E-state index in [1.54, 1.807) is 32.4 Å². The van der Waals surface area contributed by atoms with Crippen molar-refractivity contribution >= 4 is 40.1 Å². The van der Waals surface area contributed by atoms with Crippen molar-refractivity contribution in [3.8, 4) is 11.5 Å². The van der Waals surface area contributed by atoms with Gasteiger partial charge in [-0.05, 0) is 43.3 Å². The molecular formula is C23H25N5O3S. The van der Waals surface area contributed by atoms with Crippen LogP contribution >= 0.6 is 11.3 Å². The second kappa shape index (κ2) is 9.27.